The van der Waals surface area contributed by atoms with Crippen LogP contribution in [-0.4, -0.2) is 24.5 Å². The molecule has 0 aliphatic carbocycles. The molecule has 5 heteroatoms. The summed E-state index contributed by atoms with van der Waals surface area (Å²) in [5.41, 5.74) is 6.62. The molecule has 0 bridgehead atoms. The topological polar surface area (TPSA) is 77.2 Å². The Morgan fingerprint density at radius 1 is 1.62 bits per heavy atom. The summed E-state index contributed by atoms with van der Waals surface area (Å²) in [4.78, 5) is 14.6. The molecule has 0 fully saturated rings. The summed E-state index contributed by atoms with van der Waals surface area (Å²) in [7, 11) is 1.49. The van der Waals surface area contributed by atoms with E-state index in [1.165, 1.54) is 14.0 Å². The van der Waals surface area contributed by atoms with Crippen molar-refractivity contribution in [2.45, 2.75) is 6.92 Å². The highest BCUT2D eigenvalue weighted by Gasteiger charge is 2.00. The van der Waals surface area contributed by atoms with Crippen molar-refractivity contribution in [2.75, 3.05) is 19.4 Å². The van der Waals surface area contributed by atoms with Gasteiger partial charge in [0.05, 0.1) is 19.3 Å². The standard InChI is InChI=1S/C11H13N3O2/c1-8(15)13-7-3-4-9-5-6-10(12)11(14-9)16-2/h5-6H,7,12H2,1-2H3,(H,13,15). The monoisotopic (exact) mass is 219 g/mol. The van der Waals surface area contributed by atoms with Crippen molar-refractivity contribution >= 4 is 11.6 Å². The Bertz CT molecular complexity index is 446. The predicted octanol–water partition coefficient (Wildman–Crippen LogP) is 0.160. The average molecular weight is 219 g/mol. The number of nitrogens with zero attached hydrogens (tertiary/aromatic N) is 1. The lowest BCUT2D eigenvalue weighted by Crippen LogP contribution is -2.19. The van der Waals surface area contributed by atoms with Crippen LogP contribution in [0, 0.1) is 11.8 Å². The number of carbonyl (C=O) groups is 1. The Kier molecular flexibility index (Phi) is 4.16. The third-order valence-electron chi connectivity index (χ3n) is 1.73. The fourth-order valence-corrected chi connectivity index (χ4v) is 0.988. The molecule has 0 aromatic carbocycles. The van der Waals surface area contributed by atoms with Crippen LogP contribution >= 0.6 is 0 Å². The first-order chi connectivity index (χ1) is 7.63. The zero-order valence-electron chi connectivity index (χ0n) is 9.20. The molecule has 5 nitrogen and oxygen atoms in total. The van der Waals surface area contributed by atoms with E-state index in [1.54, 1.807) is 12.1 Å². The molecule has 84 valence electrons. The van der Waals surface area contributed by atoms with E-state index in [-0.39, 0.29) is 5.91 Å². The fraction of sp³-hybridized carbons (Fsp3) is 0.273. The van der Waals surface area contributed by atoms with Crippen LogP contribution in [-0.2, 0) is 4.79 Å². The zero-order valence-corrected chi connectivity index (χ0v) is 9.20. The summed E-state index contributed by atoms with van der Waals surface area (Å²) in [6.45, 7) is 1.73. The molecule has 1 aromatic heterocycles. The minimum Gasteiger partial charge on any atom is -0.479 e. The summed E-state index contributed by atoms with van der Waals surface area (Å²) < 4.78 is 4.96. The summed E-state index contributed by atoms with van der Waals surface area (Å²) in [6.07, 6.45) is 0. The molecule has 0 radical (unpaired) electrons. The van der Waals surface area contributed by atoms with Crippen LogP contribution in [0.25, 0.3) is 0 Å². The van der Waals surface area contributed by atoms with Gasteiger partial charge in [-0.25, -0.2) is 4.98 Å². The molecular formula is C11H13N3O2. The lowest BCUT2D eigenvalue weighted by molar-refractivity contribution is -0.118. The first-order valence-electron chi connectivity index (χ1n) is 4.67. The third kappa shape index (κ3) is 3.50. The molecule has 1 heterocycles. The summed E-state index contributed by atoms with van der Waals surface area (Å²) in [5, 5.41) is 2.56. The molecule has 1 amide bonds. The molecule has 0 atom stereocenters. The molecule has 0 saturated heterocycles. The maximum atomic E-state index is 10.6. The van der Waals surface area contributed by atoms with Gasteiger partial charge in [-0.1, -0.05) is 5.92 Å². The molecular weight excluding hydrogens is 206 g/mol. The maximum Gasteiger partial charge on any atom is 0.238 e. The van der Waals surface area contributed by atoms with Crippen molar-refractivity contribution in [3.8, 4) is 17.7 Å². The van der Waals surface area contributed by atoms with Gasteiger partial charge in [0.25, 0.3) is 0 Å². The highest BCUT2D eigenvalue weighted by molar-refractivity contribution is 5.73. The van der Waals surface area contributed by atoms with Gasteiger partial charge in [-0.3, -0.25) is 4.79 Å². The van der Waals surface area contributed by atoms with Gasteiger partial charge in [0.15, 0.2) is 0 Å². The van der Waals surface area contributed by atoms with Gasteiger partial charge in [-0.2, -0.15) is 0 Å². The summed E-state index contributed by atoms with van der Waals surface area (Å²) >= 11 is 0. The second kappa shape index (κ2) is 5.61. The number of amides is 1. The van der Waals surface area contributed by atoms with Crippen molar-refractivity contribution in [3.05, 3.63) is 17.8 Å². The molecule has 0 unspecified atom stereocenters. The number of ether oxygens (including phenoxy) is 1. The Balaban J connectivity index is 2.70. The van der Waals surface area contributed by atoms with Crippen LogP contribution in [0.2, 0.25) is 0 Å². The number of nitrogens with one attached hydrogen (secondary N) is 1. The van der Waals surface area contributed by atoms with Gasteiger partial charge >= 0.3 is 0 Å². The zero-order chi connectivity index (χ0) is 12.0. The van der Waals surface area contributed by atoms with Gasteiger partial charge in [-0.05, 0) is 18.1 Å². The molecule has 0 aliphatic rings. The smallest absolute Gasteiger partial charge is 0.238 e. The van der Waals surface area contributed by atoms with Gasteiger partial charge in [-0.15, -0.1) is 0 Å². The summed E-state index contributed by atoms with van der Waals surface area (Å²) in [6, 6.07) is 3.37. The molecule has 3 N–H and O–H groups in total. The molecule has 1 rings (SSSR count). The number of methoxy groups -OCH3 is 1. The third-order valence-corrected chi connectivity index (χ3v) is 1.73. The number of hydrogen-bond acceptors (Lipinski definition) is 4. The molecule has 0 spiro atoms. The number of hydrogen-bond donors (Lipinski definition) is 2. The fourth-order valence-electron chi connectivity index (χ4n) is 0.988. The highest BCUT2D eigenvalue weighted by atomic mass is 16.5. The first-order valence-corrected chi connectivity index (χ1v) is 4.67. The number of nitrogens with two attached hydrogens (primary N) is 1. The quantitative estimate of drug-likeness (QED) is 0.695. The minimum absolute atomic E-state index is 0.114. The Labute approximate surface area is 94.0 Å². The van der Waals surface area contributed by atoms with Gasteiger partial charge in [0.1, 0.15) is 5.69 Å². The van der Waals surface area contributed by atoms with Gasteiger partial charge in [0.2, 0.25) is 11.8 Å². The van der Waals surface area contributed by atoms with E-state index in [4.69, 9.17) is 10.5 Å². The lowest BCUT2D eigenvalue weighted by Gasteiger charge is -2.02. The van der Waals surface area contributed by atoms with E-state index in [9.17, 15) is 4.79 Å². The number of anilines is 1. The number of pyridine rings is 1. The average Bonchev–Trinajstić information content (AvgIpc) is 2.26. The summed E-state index contributed by atoms with van der Waals surface area (Å²) in [5.74, 6) is 5.79. The van der Waals surface area contributed by atoms with Gasteiger partial charge < -0.3 is 15.8 Å². The van der Waals surface area contributed by atoms with E-state index in [2.05, 4.69) is 22.1 Å². The van der Waals surface area contributed by atoms with Crippen LogP contribution in [0.4, 0.5) is 5.69 Å². The predicted molar refractivity (Wildman–Crippen MR) is 60.8 cm³/mol. The Morgan fingerprint density at radius 3 is 3.00 bits per heavy atom. The maximum absolute atomic E-state index is 10.6. The van der Waals surface area contributed by atoms with Crippen molar-refractivity contribution in [3.63, 3.8) is 0 Å². The van der Waals surface area contributed by atoms with Gasteiger partial charge in [0, 0.05) is 6.92 Å². The number of nitrogen functional groups attached to an aromatic ring is 1. The molecule has 0 saturated carbocycles. The number of rotatable bonds is 2. The van der Waals surface area contributed by atoms with E-state index in [1.807, 2.05) is 0 Å². The number of aromatic nitrogens is 1. The second-order valence-corrected chi connectivity index (χ2v) is 3.01. The normalized spacial score (nSPS) is 8.88. The van der Waals surface area contributed by atoms with E-state index in [0.29, 0.717) is 23.8 Å². The molecule has 1 aromatic rings. The Morgan fingerprint density at radius 2 is 2.38 bits per heavy atom. The van der Waals surface area contributed by atoms with E-state index in [0.717, 1.165) is 0 Å². The first kappa shape index (κ1) is 11.9. The largest absolute Gasteiger partial charge is 0.479 e. The van der Waals surface area contributed by atoms with Crippen LogP contribution < -0.4 is 15.8 Å². The minimum atomic E-state index is -0.114. The van der Waals surface area contributed by atoms with Crippen molar-refractivity contribution < 1.29 is 9.53 Å². The van der Waals surface area contributed by atoms with Crippen molar-refractivity contribution in [1.29, 1.82) is 0 Å². The SMILES string of the molecule is COc1nc(C#CCNC(C)=O)ccc1N. The van der Waals surface area contributed by atoms with Crippen LogP contribution in [0.3, 0.4) is 0 Å². The van der Waals surface area contributed by atoms with E-state index >= 15 is 0 Å². The van der Waals surface area contributed by atoms with E-state index < -0.39 is 0 Å². The van der Waals surface area contributed by atoms with Crippen molar-refractivity contribution in [2.24, 2.45) is 0 Å². The highest BCUT2D eigenvalue weighted by Crippen LogP contribution is 2.16. The second-order valence-electron chi connectivity index (χ2n) is 3.01. The van der Waals surface area contributed by atoms with Crippen LogP contribution in [0.1, 0.15) is 12.6 Å². The Hall–Kier alpha value is -2.22. The molecule has 0 aliphatic heterocycles. The lowest BCUT2D eigenvalue weighted by atomic mass is 10.3. The van der Waals surface area contributed by atoms with Crippen LogP contribution in [0.15, 0.2) is 12.1 Å². The molecule has 16 heavy (non-hydrogen) atoms. The van der Waals surface area contributed by atoms with Crippen molar-refractivity contribution in [1.82, 2.24) is 10.3 Å². The van der Waals surface area contributed by atoms with Crippen LogP contribution in [0.5, 0.6) is 5.88 Å². The number of carbonyl (C=O) groups excluding carboxylic acids is 1.